The second-order valence-electron chi connectivity index (χ2n) is 3.49. The summed E-state index contributed by atoms with van der Waals surface area (Å²) in [5, 5.41) is 9.44. The van der Waals surface area contributed by atoms with E-state index in [1.807, 2.05) is 38.1 Å². The molecule has 3 heteroatoms. The molecular formula is C11H17NO2. The molecule has 1 aromatic rings. The van der Waals surface area contributed by atoms with Crippen LogP contribution in [-0.2, 0) is 0 Å². The Morgan fingerprint density at radius 2 is 1.86 bits per heavy atom. The minimum atomic E-state index is -0.580. The van der Waals surface area contributed by atoms with Gasteiger partial charge < -0.3 is 15.6 Å². The van der Waals surface area contributed by atoms with E-state index in [2.05, 4.69) is 0 Å². The van der Waals surface area contributed by atoms with Gasteiger partial charge in [0.15, 0.2) is 0 Å². The number of hydrogen-bond donors (Lipinski definition) is 2. The summed E-state index contributed by atoms with van der Waals surface area (Å²) in [5.41, 5.74) is 6.16. The minimum Gasteiger partial charge on any atom is -0.491 e. The van der Waals surface area contributed by atoms with Crippen LogP contribution in [0.3, 0.4) is 0 Å². The average Bonchev–Trinajstić information content (AvgIpc) is 2.17. The minimum absolute atomic E-state index is 0.167. The number of ether oxygens (including phenoxy) is 1. The molecule has 0 bridgehead atoms. The molecule has 1 aromatic carbocycles. The summed E-state index contributed by atoms with van der Waals surface area (Å²) in [7, 11) is 0. The molecule has 78 valence electrons. The van der Waals surface area contributed by atoms with E-state index in [1.54, 1.807) is 0 Å². The number of hydrogen-bond acceptors (Lipinski definition) is 3. The number of aliphatic hydroxyl groups is 1. The normalized spacial score (nSPS) is 12.9. The van der Waals surface area contributed by atoms with Crippen LogP contribution in [0.15, 0.2) is 24.3 Å². The molecule has 0 saturated carbocycles. The highest BCUT2D eigenvalue weighted by Gasteiger charge is 2.04. The summed E-state index contributed by atoms with van der Waals surface area (Å²) in [6.45, 7) is 4.19. The Hall–Kier alpha value is -1.06. The zero-order valence-corrected chi connectivity index (χ0v) is 8.60. The van der Waals surface area contributed by atoms with E-state index < -0.39 is 6.10 Å². The Balaban J connectivity index is 2.68. The molecule has 14 heavy (non-hydrogen) atoms. The van der Waals surface area contributed by atoms with Crippen LogP contribution in [0.25, 0.3) is 0 Å². The predicted octanol–water partition coefficient (Wildman–Crippen LogP) is 1.47. The first kappa shape index (κ1) is 11.0. The van der Waals surface area contributed by atoms with Gasteiger partial charge in [0.05, 0.1) is 12.2 Å². The second-order valence-corrected chi connectivity index (χ2v) is 3.49. The van der Waals surface area contributed by atoms with Crippen LogP contribution in [0.2, 0.25) is 0 Å². The lowest BCUT2D eigenvalue weighted by Gasteiger charge is -2.11. The number of rotatable bonds is 4. The van der Waals surface area contributed by atoms with Crippen molar-refractivity contribution in [2.24, 2.45) is 5.73 Å². The van der Waals surface area contributed by atoms with Crippen LogP contribution in [0.5, 0.6) is 5.75 Å². The van der Waals surface area contributed by atoms with E-state index >= 15 is 0 Å². The molecule has 1 atom stereocenters. The summed E-state index contributed by atoms with van der Waals surface area (Å²) in [4.78, 5) is 0. The van der Waals surface area contributed by atoms with Crippen molar-refractivity contribution in [3.63, 3.8) is 0 Å². The molecule has 0 aliphatic carbocycles. The maximum Gasteiger partial charge on any atom is 0.119 e. The van der Waals surface area contributed by atoms with E-state index in [0.717, 1.165) is 11.3 Å². The van der Waals surface area contributed by atoms with Gasteiger partial charge in [0.25, 0.3) is 0 Å². The Morgan fingerprint density at radius 3 is 2.29 bits per heavy atom. The van der Waals surface area contributed by atoms with Gasteiger partial charge in [0.2, 0.25) is 0 Å². The monoisotopic (exact) mass is 195 g/mol. The van der Waals surface area contributed by atoms with Crippen molar-refractivity contribution >= 4 is 0 Å². The van der Waals surface area contributed by atoms with Crippen LogP contribution in [-0.4, -0.2) is 17.8 Å². The van der Waals surface area contributed by atoms with Crippen LogP contribution < -0.4 is 10.5 Å². The van der Waals surface area contributed by atoms with Gasteiger partial charge in [-0.2, -0.15) is 0 Å². The van der Waals surface area contributed by atoms with Gasteiger partial charge in [-0.1, -0.05) is 12.1 Å². The van der Waals surface area contributed by atoms with Crippen molar-refractivity contribution in [1.29, 1.82) is 0 Å². The Bertz CT molecular complexity index is 269. The third kappa shape index (κ3) is 3.01. The summed E-state index contributed by atoms with van der Waals surface area (Å²) >= 11 is 0. The largest absolute Gasteiger partial charge is 0.491 e. The fourth-order valence-corrected chi connectivity index (χ4v) is 1.18. The van der Waals surface area contributed by atoms with Gasteiger partial charge in [-0.3, -0.25) is 0 Å². The molecule has 1 unspecified atom stereocenters. The van der Waals surface area contributed by atoms with E-state index in [4.69, 9.17) is 10.5 Å². The van der Waals surface area contributed by atoms with E-state index in [1.165, 1.54) is 0 Å². The summed E-state index contributed by atoms with van der Waals surface area (Å²) in [6.07, 6.45) is -0.414. The zero-order chi connectivity index (χ0) is 10.6. The predicted molar refractivity (Wildman–Crippen MR) is 56.2 cm³/mol. The molecule has 0 radical (unpaired) electrons. The Labute approximate surface area is 84.5 Å². The number of benzene rings is 1. The molecular weight excluding hydrogens is 178 g/mol. The van der Waals surface area contributed by atoms with Gasteiger partial charge in [-0.15, -0.1) is 0 Å². The summed E-state index contributed by atoms with van der Waals surface area (Å²) in [5.74, 6) is 0.813. The average molecular weight is 195 g/mol. The fraction of sp³-hybridized carbons (Fsp3) is 0.455. The molecule has 1 rings (SSSR count). The standard InChI is InChI=1S/C11H17NO2/c1-8(2)14-10-5-3-9(4-6-10)11(13)7-12/h3-6,8,11,13H,7,12H2,1-2H3. The molecule has 0 spiro atoms. The molecule has 0 saturated heterocycles. The van der Waals surface area contributed by atoms with E-state index in [0.29, 0.717) is 0 Å². The lowest BCUT2D eigenvalue weighted by atomic mass is 10.1. The third-order valence-electron chi connectivity index (χ3n) is 1.86. The molecule has 3 nitrogen and oxygen atoms in total. The van der Waals surface area contributed by atoms with Gasteiger partial charge in [0.1, 0.15) is 5.75 Å². The van der Waals surface area contributed by atoms with Crippen LogP contribution in [0.1, 0.15) is 25.5 Å². The molecule has 0 aliphatic rings. The van der Waals surface area contributed by atoms with Gasteiger partial charge in [-0.25, -0.2) is 0 Å². The fourth-order valence-electron chi connectivity index (χ4n) is 1.18. The summed E-state index contributed by atoms with van der Waals surface area (Å²) < 4.78 is 5.47. The topological polar surface area (TPSA) is 55.5 Å². The smallest absolute Gasteiger partial charge is 0.119 e. The van der Waals surface area contributed by atoms with Gasteiger partial charge >= 0.3 is 0 Å². The highest BCUT2D eigenvalue weighted by atomic mass is 16.5. The van der Waals surface area contributed by atoms with Crippen molar-refractivity contribution < 1.29 is 9.84 Å². The summed E-state index contributed by atoms with van der Waals surface area (Å²) in [6, 6.07) is 7.34. The van der Waals surface area contributed by atoms with Crippen molar-refractivity contribution in [2.45, 2.75) is 26.1 Å². The zero-order valence-electron chi connectivity index (χ0n) is 8.60. The first-order valence-electron chi connectivity index (χ1n) is 4.78. The van der Waals surface area contributed by atoms with Crippen LogP contribution in [0, 0.1) is 0 Å². The molecule has 0 aliphatic heterocycles. The lowest BCUT2D eigenvalue weighted by molar-refractivity contribution is 0.186. The first-order valence-corrected chi connectivity index (χ1v) is 4.78. The molecule has 0 fully saturated rings. The van der Waals surface area contributed by atoms with E-state index in [-0.39, 0.29) is 12.6 Å². The number of nitrogens with two attached hydrogens (primary N) is 1. The molecule has 0 amide bonds. The van der Waals surface area contributed by atoms with Crippen LogP contribution in [0.4, 0.5) is 0 Å². The Morgan fingerprint density at radius 1 is 1.29 bits per heavy atom. The first-order chi connectivity index (χ1) is 6.63. The highest BCUT2D eigenvalue weighted by molar-refractivity contribution is 5.28. The van der Waals surface area contributed by atoms with Gasteiger partial charge in [0, 0.05) is 6.54 Å². The molecule has 0 heterocycles. The van der Waals surface area contributed by atoms with E-state index in [9.17, 15) is 5.11 Å². The van der Waals surface area contributed by atoms with Crippen LogP contribution >= 0.6 is 0 Å². The SMILES string of the molecule is CC(C)Oc1ccc(C(O)CN)cc1. The maximum absolute atomic E-state index is 9.44. The van der Waals surface area contributed by atoms with Crippen molar-refractivity contribution in [3.8, 4) is 5.75 Å². The van der Waals surface area contributed by atoms with Crippen molar-refractivity contribution in [3.05, 3.63) is 29.8 Å². The lowest BCUT2D eigenvalue weighted by Crippen LogP contribution is -2.11. The van der Waals surface area contributed by atoms with Crippen molar-refractivity contribution in [2.75, 3.05) is 6.54 Å². The van der Waals surface area contributed by atoms with Gasteiger partial charge in [-0.05, 0) is 31.5 Å². The van der Waals surface area contributed by atoms with Crippen molar-refractivity contribution in [1.82, 2.24) is 0 Å². The Kier molecular flexibility index (Phi) is 3.92. The third-order valence-corrected chi connectivity index (χ3v) is 1.86. The second kappa shape index (κ2) is 4.98. The maximum atomic E-state index is 9.44. The highest BCUT2D eigenvalue weighted by Crippen LogP contribution is 2.17. The molecule has 3 N–H and O–H groups in total. The quantitative estimate of drug-likeness (QED) is 0.764. The number of aliphatic hydroxyl groups excluding tert-OH is 1. The molecule has 0 aromatic heterocycles.